The van der Waals surface area contributed by atoms with Crippen molar-refractivity contribution in [2.75, 3.05) is 7.11 Å². The first kappa shape index (κ1) is 11.5. The van der Waals surface area contributed by atoms with Crippen LogP contribution in [0.25, 0.3) is 0 Å². The van der Waals surface area contributed by atoms with E-state index in [0.717, 1.165) is 18.8 Å². The number of hydrogen-bond acceptors (Lipinski definition) is 3. The van der Waals surface area contributed by atoms with Crippen molar-refractivity contribution in [3.63, 3.8) is 0 Å². The highest BCUT2D eigenvalue weighted by Crippen LogP contribution is 2.31. The summed E-state index contributed by atoms with van der Waals surface area (Å²) in [6.45, 7) is 2.24. The predicted molar refractivity (Wildman–Crippen MR) is 53.8 cm³/mol. The number of carbonyl (C=O) groups excluding carboxylic acids is 1. The van der Waals surface area contributed by atoms with E-state index in [-0.39, 0.29) is 12.4 Å². The van der Waals surface area contributed by atoms with Gasteiger partial charge in [0.2, 0.25) is 0 Å². The van der Waals surface area contributed by atoms with E-state index in [2.05, 4.69) is 11.7 Å². The van der Waals surface area contributed by atoms with Crippen molar-refractivity contribution < 1.29 is 14.6 Å². The maximum absolute atomic E-state index is 10.9. The second-order valence-electron chi connectivity index (χ2n) is 4.37. The van der Waals surface area contributed by atoms with E-state index in [1.54, 1.807) is 0 Å². The molecule has 1 aliphatic carbocycles. The molecule has 1 N–H and O–H groups in total. The zero-order chi connectivity index (χ0) is 10.6. The van der Waals surface area contributed by atoms with Crippen molar-refractivity contribution in [1.29, 1.82) is 0 Å². The molecule has 0 spiro atoms. The van der Waals surface area contributed by atoms with E-state index in [1.165, 1.54) is 20.0 Å². The molecule has 82 valence electrons. The van der Waals surface area contributed by atoms with Gasteiger partial charge in [0.05, 0.1) is 19.6 Å². The van der Waals surface area contributed by atoms with Crippen LogP contribution in [0, 0.1) is 11.8 Å². The molecule has 1 fully saturated rings. The number of aliphatic hydroxyl groups is 1. The summed E-state index contributed by atoms with van der Waals surface area (Å²) in [4.78, 5) is 10.9. The second kappa shape index (κ2) is 5.35. The molecule has 0 saturated heterocycles. The van der Waals surface area contributed by atoms with Gasteiger partial charge in [0, 0.05) is 0 Å². The smallest absolute Gasteiger partial charge is 0.308 e. The van der Waals surface area contributed by atoms with Crippen LogP contribution in [-0.2, 0) is 9.53 Å². The van der Waals surface area contributed by atoms with Gasteiger partial charge in [-0.05, 0) is 24.7 Å². The van der Waals surface area contributed by atoms with Gasteiger partial charge in [-0.25, -0.2) is 0 Å². The molecule has 0 heterocycles. The quantitative estimate of drug-likeness (QED) is 0.706. The van der Waals surface area contributed by atoms with E-state index in [9.17, 15) is 9.90 Å². The van der Waals surface area contributed by atoms with Crippen LogP contribution in [0.15, 0.2) is 0 Å². The fraction of sp³-hybridized carbons (Fsp3) is 0.909. The first-order valence-corrected chi connectivity index (χ1v) is 5.38. The van der Waals surface area contributed by atoms with Crippen LogP contribution in [0.5, 0.6) is 0 Å². The molecule has 1 aliphatic rings. The van der Waals surface area contributed by atoms with Crippen LogP contribution < -0.4 is 0 Å². The van der Waals surface area contributed by atoms with E-state index in [4.69, 9.17) is 0 Å². The van der Waals surface area contributed by atoms with Gasteiger partial charge >= 0.3 is 5.97 Å². The summed E-state index contributed by atoms with van der Waals surface area (Å²) in [5.74, 6) is 0.762. The Labute approximate surface area is 85.5 Å². The number of esters is 1. The Balaban J connectivity index is 2.30. The summed E-state index contributed by atoms with van der Waals surface area (Å²) < 4.78 is 4.53. The molecule has 0 aromatic rings. The zero-order valence-corrected chi connectivity index (χ0v) is 9.03. The molecule has 0 bridgehead atoms. The molecule has 1 atom stereocenters. The van der Waals surface area contributed by atoms with E-state index in [1.807, 2.05) is 0 Å². The van der Waals surface area contributed by atoms with E-state index >= 15 is 0 Å². The molecule has 3 nitrogen and oxygen atoms in total. The molecule has 0 aromatic carbocycles. The van der Waals surface area contributed by atoms with E-state index < -0.39 is 6.10 Å². The number of ether oxygens (including phenoxy) is 1. The molecule has 0 radical (unpaired) electrons. The largest absolute Gasteiger partial charge is 0.469 e. The van der Waals surface area contributed by atoms with Crippen molar-refractivity contribution in [3.8, 4) is 0 Å². The normalized spacial score (nSPS) is 29.6. The van der Waals surface area contributed by atoms with Gasteiger partial charge in [-0.2, -0.15) is 0 Å². The molecule has 1 saturated carbocycles. The van der Waals surface area contributed by atoms with Gasteiger partial charge in [0.15, 0.2) is 0 Å². The van der Waals surface area contributed by atoms with Crippen LogP contribution in [-0.4, -0.2) is 24.3 Å². The minimum absolute atomic E-state index is 0.148. The number of hydrogen-bond donors (Lipinski definition) is 1. The monoisotopic (exact) mass is 200 g/mol. The summed E-state index contributed by atoms with van der Waals surface area (Å²) in [6.07, 6.45) is 4.06. The molecule has 3 heteroatoms. The molecule has 0 aliphatic heterocycles. The summed E-state index contributed by atoms with van der Waals surface area (Å²) in [7, 11) is 1.36. The summed E-state index contributed by atoms with van der Waals surface area (Å²) in [5.41, 5.74) is 0. The fourth-order valence-corrected chi connectivity index (χ4v) is 2.09. The Kier molecular flexibility index (Phi) is 4.39. The standard InChI is InChI=1S/C11H20O3/c1-8-3-5-9(6-4-8)10(12)7-11(13)14-2/h8-10,12H,3-7H2,1-2H3. The minimum atomic E-state index is -0.505. The number of rotatable bonds is 3. The van der Waals surface area contributed by atoms with Gasteiger partial charge in [-0.3, -0.25) is 4.79 Å². The molecule has 1 unspecified atom stereocenters. The van der Waals surface area contributed by atoms with Crippen LogP contribution in [0.3, 0.4) is 0 Å². The van der Waals surface area contributed by atoms with E-state index in [0.29, 0.717) is 5.92 Å². The number of aliphatic hydroxyl groups excluding tert-OH is 1. The van der Waals surface area contributed by atoms with Crippen molar-refractivity contribution >= 4 is 5.97 Å². The van der Waals surface area contributed by atoms with Crippen molar-refractivity contribution in [2.24, 2.45) is 11.8 Å². The fourth-order valence-electron chi connectivity index (χ4n) is 2.09. The van der Waals surface area contributed by atoms with Gasteiger partial charge in [-0.15, -0.1) is 0 Å². The Morgan fingerprint density at radius 2 is 2.00 bits per heavy atom. The summed E-state index contributed by atoms with van der Waals surface area (Å²) >= 11 is 0. The number of methoxy groups -OCH3 is 1. The summed E-state index contributed by atoms with van der Waals surface area (Å²) in [6, 6.07) is 0. The maximum Gasteiger partial charge on any atom is 0.308 e. The average Bonchev–Trinajstić information content (AvgIpc) is 2.18. The topological polar surface area (TPSA) is 46.5 Å². The predicted octanol–water partition coefficient (Wildman–Crippen LogP) is 1.74. The Hall–Kier alpha value is -0.570. The highest BCUT2D eigenvalue weighted by molar-refractivity contribution is 5.69. The van der Waals surface area contributed by atoms with Crippen molar-refractivity contribution in [2.45, 2.75) is 45.1 Å². The minimum Gasteiger partial charge on any atom is -0.469 e. The maximum atomic E-state index is 10.9. The third kappa shape index (κ3) is 3.29. The molecular weight excluding hydrogens is 180 g/mol. The highest BCUT2D eigenvalue weighted by atomic mass is 16.5. The zero-order valence-electron chi connectivity index (χ0n) is 9.03. The molecule has 0 aromatic heterocycles. The Morgan fingerprint density at radius 1 is 1.43 bits per heavy atom. The van der Waals surface area contributed by atoms with Crippen LogP contribution in [0.1, 0.15) is 39.0 Å². The first-order chi connectivity index (χ1) is 6.63. The third-order valence-electron chi connectivity index (χ3n) is 3.21. The first-order valence-electron chi connectivity index (χ1n) is 5.38. The number of carbonyl (C=O) groups is 1. The van der Waals surface area contributed by atoms with Crippen LogP contribution in [0.4, 0.5) is 0 Å². The molecule has 1 rings (SSSR count). The lowest BCUT2D eigenvalue weighted by atomic mass is 9.79. The third-order valence-corrected chi connectivity index (χ3v) is 3.21. The molecule has 0 amide bonds. The van der Waals surface area contributed by atoms with Gasteiger partial charge in [0.25, 0.3) is 0 Å². The van der Waals surface area contributed by atoms with Gasteiger partial charge < -0.3 is 9.84 Å². The SMILES string of the molecule is COC(=O)CC(O)C1CCC(C)CC1. The second-order valence-corrected chi connectivity index (χ2v) is 4.37. The lowest BCUT2D eigenvalue weighted by molar-refractivity contribution is -0.143. The van der Waals surface area contributed by atoms with Crippen molar-refractivity contribution in [1.82, 2.24) is 0 Å². The Morgan fingerprint density at radius 3 is 2.50 bits per heavy atom. The highest BCUT2D eigenvalue weighted by Gasteiger charge is 2.26. The van der Waals surface area contributed by atoms with Gasteiger partial charge in [0.1, 0.15) is 0 Å². The lowest BCUT2D eigenvalue weighted by Gasteiger charge is -2.29. The Bertz CT molecular complexity index is 183. The van der Waals surface area contributed by atoms with Crippen LogP contribution in [0.2, 0.25) is 0 Å². The molecule has 14 heavy (non-hydrogen) atoms. The molecular formula is C11H20O3. The lowest BCUT2D eigenvalue weighted by Crippen LogP contribution is -2.27. The van der Waals surface area contributed by atoms with Crippen molar-refractivity contribution in [3.05, 3.63) is 0 Å². The average molecular weight is 200 g/mol. The summed E-state index contributed by atoms with van der Waals surface area (Å²) in [5, 5.41) is 9.76. The van der Waals surface area contributed by atoms with Crippen LogP contribution >= 0.6 is 0 Å². The van der Waals surface area contributed by atoms with Gasteiger partial charge in [-0.1, -0.05) is 19.8 Å².